The lowest BCUT2D eigenvalue weighted by Crippen LogP contribution is -2.51. The Balaban J connectivity index is 2.12. The number of aryl methyl sites for hydroxylation is 2. The number of benzene rings is 2. The Morgan fingerprint density at radius 2 is 1.81 bits per heavy atom. The molecule has 0 aromatic heterocycles. The molecule has 0 aliphatic carbocycles. The van der Waals surface area contributed by atoms with E-state index in [0.717, 1.165) is 29.5 Å². The molecule has 1 atom stereocenters. The lowest BCUT2D eigenvalue weighted by atomic mass is 10.1. The molecule has 2 aromatic carbocycles. The number of hydrogen-bond donors (Lipinski definition) is 1. The minimum absolute atomic E-state index is 0.0855. The molecule has 0 bridgehead atoms. The van der Waals surface area contributed by atoms with Gasteiger partial charge in [-0.3, -0.25) is 9.59 Å². The van der Waals surface area contributed by atoms with Crippen molar-refractivity contribution in [3.8, 4) is 5.75 Å². The highest BCUT2D eigenvalue weighted by Gasteiger charge is 2.28. The van der Waals surface area contributed by atoms with Gasteiger partial charge in [-0.15, -0.1) is 0 Å². The van der Waals surface area contributed by atoms with E-state index in [4.69, 9.17) is 4.74 Å². The lowest BCUT2D eigenvalue weighted by Gasteiger charge is -2.30. The number of hydrogen-bond acceptors (Lipinski definition) is 3. The highest BCUT2D eigenvalue weighted by molar-refractivity contribution is 5.88. The van der Waals surface area contributed by atoms with Gasteiger partial charge in [0.1, 0.15) is 11.8 Å². The number of nitrogens with one attached hydrogen (secondary N) is 1. The standard InChI is InChI=1S/C26H36N2O3/c1-5-7-16-27-26(30)23(6-2)28(17-15-22-11-9-8-10-12-22)25(29)19-31-24-18-20(3)13-14-21(24)4/h8-14,18,23H,5-7,15-17,19H2,1-4H3,(H,27,30)/t23-/m1/s1. The number of carbonyl (C=O) groups excluding carboxylic acids is 2. The Morgan fingerprint density at radius 3 is 2.48 bits per heavy atom. The predicted molar refractivity (Wildman–Crippen MR) is 125 cm³/mol. The number of carbonyl (C=O) groups is 2. The summed E-state index contributed by atoms with van der Waals surface area (Å²) >= 11 is 0. The third-order valence-electron chi connectivity index (χ3n) is 5.39. The molecule has 5 heteroatoms. The number of amides is 2. The van der Waals surface area contributed by atoms with Crippen LogP contribution in [-0.2, 0) is 16.0 Å². The molecule has 5 nitrogen and oxygen atoms in total. The molecule has 0 radical (unpaired) electrons. The molecule has 2 rings (SSSR count). The van der Waals surface area contributed by atoms with Crippen LogP contribution >= 0.6 is 0 Å². The van der Waals surface area contributed by atoms with Crippen LogP contribution in [0, 0.1) is 13.8 Å². The highest BCUT2D eigenvalue weighted by Crippen LogP contribution is 2.19. The highest BCUT2D eigenvalue weighted by atomic mass is 16.5. The van der Waals surface area contributed by atoms with Crippen molar-refractivity contribution in [3.63, 3.8) is 0 Å². The van der Waals surface area contributed by atoms with E-state index in [1.54, 1.807) is 4.90 Å². The second kappa shape index (κ2) is 12.8. The van der Waals surface area contributed by atoms with Crippen LogP contribution in [0.4, 0.5) is 0 Å². The fraction of sp³-hybridized carbons (Fsp3) is 0.462. The minimum Gasteiger partial charge on any atom is -0.483 e. The van der Waals surface area contributed by atoms with E-state index >= 15 is 0 Å². The Morgan fingerprint density at radius 1 is 1.06 bits per heavy atom. The van der Waals surface area contributed by atoms with Crippen molar-refractivity contribution in [2.24, 2.45) is 0 Å². The fourth-order valence-corrected chi connectivity index (χ4v) is 3.49. The summed E-state index contributed by atoms with van der Waals surface area (Å²) in [6.45, 7) is 9.00. The molecule has 31 heavy (non-hydrogen) atoms. The second-order valence-electron chi connectivity index (χ2n) is 7.95. The Kier molecular flexibility index (Phi) is 10.1. The first-order valence-electron chi connectivity index (χ1n) is 11.3. The topological polar surface area (TPSA) is 58.6 Å². The Hall–Kier alpha value is -2.82. The Labute approximate surface area is 186 Å². The fourth-order valence-electron chi connectivity index (χ4n) is 3.49. The summed E-state index contributed by atoms with van der Waals surface area (Å²) in [7, 11) is 0. The third-order valence-corrected chi connectivity index (χ3v) is 5.39. The zero-order chi connectivity index (χ0) is 22.6. The van der Waals surface area contributed by atoms with E-state index in [9.17, 15) is 9.59 Å². The van der Waals surface area contributed by atoms with Crippen LogP contribution < -0.4 is 10.1 Å². The molecule has 0 fully saturated rings. The number of rotatable bonds is 12. The monoisotopic (exact) mass is 424 g/mol. The van der Waals surface area contributed by atoms with E-state index < -0.39 is 6.04 Å². The zero-order valence-electron chi connectivity index (χ0n) is 19.3. The first kappa shape index (κ1) is 24.4. The second-order valence-corrected chi connectivity index (χ2v) is 7.95. The smallest absolute Gasteiger partial charge is 0.261 e. The van der Waals surface area contributed by atoms with Crippen molar-refractivity contribution >= 4 is 11.8 Å². The maximum Gasteiger partial charge on any atom is 0.261 e. The summed E-state index contributed by atoms with van der Waals surface area (Å²) in [5.41, 5.74) is 3.20. The van der Waals surface area contributed by atoms with Crippen molar-refractivity contribution in [3.05, 3.63) is 65.2 Å². The molecule has 2 aromatic rings. The van der Waals surface area contributed by atoms with Crippen LogP contribution in [0.1, 0.15) is 49.8 Å². The van der Waals surface area contributed by atoms with Gasteiger partial charge in [0.2, 0.25) is 5.91 Å². The molecule has 0 heterocycles. The van der Waals surface area contributed by atoms with Crippen molar-refractivity contribution in [2.75, 3.05) is 19.7 Å². The van der Waals surface area contributed by atoms with Crippen LogP contribution in [0.5, 0.6) is 5.75 Å². The van der Waals surface area contributed by atoms with E-state index in [2.05, 4.69) is 12.2 Å². The normalized spacial score (nSPS) is 11.6. The van der Waals surface area contributed by atoms with Crippen molar-refractivity contribution in [2.45, 2.75) is 59.4 Å². The predicted octanol–water partition coefficient (Wildman–Crippen LogP) is 4.45. The number of unbranched alkanes of at least 4 members (excludes halogenated alkanes) is 1. The maximum atomic E-state index is 13.2. The quantitative estimate of drug-likeness (QED) is 0.512. The number of ether oxygens (including phenoxy) is 1. The van der Waals surface area contributed by atoms with Gasteiger partial charge in [-0.1, -0.05) is 62.7 Å². The SMILES string of the molecule is CCCCNC(=O)[C@@H](CC)N(CCc1ccccc1)C(=O)COc1cc(C)ccc1C. The molecule has 0 spiro atoms. The summed E-state index contributed by atoms with van der Waals surface area (Å²) in [6.07, 6.45) is 3.18. The van der Waals surface area contributed by atoms with Crippen LogP contribution in [-0.4, -0.2) is 42.5 Å². The van der Waals surface area contributed by atoms with Gasteiger partial charge in [0.05, 0.1) is 0 Å². The van der Waals surface area contributed by atoms with E-state index in [1.165, 1.54) is 0 Å². The summed E-state index contributed by atoms with van der Waals surface area (Å²) in [5, 5.41) is 2.98. The van der Waals surface area contributed by atoms with Crippen LogP contribution in [0.15, 0.2) is 48.5 Å². The van der Waals surface area contributed by atoms with Crippen molar-refractivity contribution < 1.29 is 14.3 Å². The largest absolute Gasteiger partial charge is 0.483 e. The van der Waals surface area contributed by atoms with Crippen LogP contribution in [0.3, 0.4) is 0 Å². The van der Waals surface area contributed by atoms with Gasteiger partial charge in [0.25, 0.3) is 5.91 Å². The molecule has 0 unspecified atom stereocenters. The Bertz CT molecular complexity index is 836. The van der Waals surface area contributed by atoms with Crippen molar-refractivity contribution in [1.82, 2.24) is 10.2 Å². The summed E-state index contributed by atoms with van der Waals surface area (Å²) < 4.78 is 5.86. The molecular formula is C26H36N2O3. The first-order chi connectivity index (χ1) is 15.0. The molecule has 2 amide bonds. The summed E-state index contributed by atoms with van der Waals surface area (Å²) in [4.78, 5) is 27.7. The van der Waals surface area contributed by atoms with Gasteiger partial charge in [-0.25, -0.2) is 0 Å². The van der Waals surface area contributed by atoms with Gasteiger partial charge < -0.3 is 15.0 Å². The molecule has 168 valence electrons. The average Bonchev–Trinajstić information content (AvgIpc) is 2.77. The molecule has 1 N–H and O–H groups in total. The van der Waals surface area contributed by atoms with Crippen molar-refractivity contribution in [1.29, 1.82) is 0 Å². The van der Waals surface area contributed by atoms with Gasteiger partial charge in [-0.05, 0) is 55.9 Å². The van der Waals surface area contributed by atoms with Gasteiger partial charge in [0, 0.05) is 13.1 Å². The summed E-state index contributed by atoms with van der Waals surface area (Å²) in [5.74, 6) is 0.440. The van der Waals surface area contributed by atoms with Crippen LogP contribution in [0.2, 0.25) is 0 Å². The average molecular weight is 425 g/mol. The third kappa shape index (κ3) is 7.74. The molecule has 0 saturated carbocycles. The molecule has 0 saturated heterocycles. The van der Waals surface area contributed by atoms with E-state index in [1.807, 2.05) is 69.3 Å². The summed E-state index contributed by atoms with van der Waals surface area (Å²) in [6, 6.07) is 15.5. The zero-order valence-corrected chi connectivity index (χ0v) is 19.3. The number of nitrogens with zero attached hydrogens (tertiary/aromatic N) is 1. The maximum absolute atomic E-state index is 13.2. The first-order valence-corrected chi connectivity index (χ1v) is 11.3. The van der Waals surface area contributed by atoms with Gasteiger partial charge in [0.15, 0.2) is 6.61 Å². The van der Waals surface area contributed by atoms with E-state index in [-0.39, 0.29) is 18.4 Å². The molecule has 0 aliphatic heterocycles. The van der Waals surface area contributed by atoms with Gasteiger partial charge in [-0.2, -0.15) is 0 Å². The lowest BCUT2D eigenvalue weighted by molar-refractivity contribution is -0.142. The minimum atomic E-state index is -0.504. The van der Waals surface area contributed by atoms with E-state index in [0.29, 0.717) is 31.7 Å². The van der Waals surface area contributed by atoms with Crippen LogP contribution in [0.25, 0.3) is 0 Å². The molecular weight excluding hydrogens is 388 g/mol. The van der Waals surface area contributed by atoms with Gasteiger partial charge >= 0.3 is 0 Å². The molecule has 0 aliphatic rings.